The molecule has 0 saturated heterocycles. The van der Waals surface area contributed by atoms with Gasteiger partial charge < -0.3 is 4.42 Å². The van der Waals surface area contributed by atoms with E-state index in [-0.39, 0.29) is 0 Å². The first-order valence-electron chi connectivity index (χ1n) is 5.96. The Morgan fingerprint density at radius 2 is 1.89 bits per heavy atom. The molecule has 0 aliphatic carbocycles. The Labute approximate surface area is 114 Å². The summed E-state index contributed by atoms with van der Waals surface area (Å²) in [6.45, 7) is 0. The summed E-state index contributed by atoms with van der Waals surface area (Å²) in [7, 11) is 0. The third-order valence-corrected chi connectivity index (χ3v) is 2.97. The third kappa shape index (κ3) is 2.56. The number of fused-ring (bicyclic) bond motifs is 1. The normalized spacial score (nSPS) is 11.0. The monoisotopic (exact) mass is 274 g/mol. The van der Waals surface area contributed by atoms with E-state index in [1.165, 1.54) is 0 Å². The maximum absolute atomic E-state index is 5.64. The molecule has 96 valence electrons. The van der Waals surface area contributed by atoms with Gasteiger partial charge in [-0.25, -0.2) is 0 Å². The molecule has 0 aliphatic heterocycles. The summed E-state index contributed by atoms with van der Waals surface area (Å²) in [6, 6.07) is 5.68. The molecule has 0 unspecified atom stereocenters. The molecule has 2 aromatic heterocycles. The lowest BCUT2D eigenvalue weighted by Crippen LogP contribution is -1.85. The molecular formula is C13H11ClN4O. The van der Waals surface area contributed by atoms with Gasteiger partial charge in [0.15, 0.2) is 0 Å². The van der Waals surface area contributed by atoms with Gasteiger partial charge in [0, 0.05) is 30.3 Å². The van der Waals surface area contributed by atoms with Crippen LogP contribution >= 0.6 is 11.6 Å². The smallest absolute Gasteiger partial charge is 0.247 e. The summed E-state index contributed by atoms with van der Waals surface area (Å²) in [5.41, 5.74) is 2.49. The minimum atomic E-state index is 0.497. The van der Waals surface area contributed by atoms with Gasteiger partial charge in [0.1, 0.15) is 0 Å². The second-order valence-corrected chi connectivity index (χ2v) is 4.43. The van der Waals surface area contributed by atoms with E-state index in [9.17, 15) is 0 Å². The van der Waals surface area contributed by atoms with E-state index in [4.69, 9.17) is 16.0 Å². The van der Waals surface area contributed by atoms with Crippen LogP contribution in [0.5, 0.6) is 0 Å². The number of hydrogen-bond acceptors (Lipinski definition) is 5. The molecule has 0 aliphatic rings. The van der Waals surface area contributed by atoms with Crippen molar-refractivity contribution in [3.05, 3.63) is 36.5 Å². The highest BCUT2D eigenvalue weighted by molar-refractivity contribution is 6.17. The zero-order valence-corrected chi connectivity index (χ0v) is 10.8. The Kier molecular flexibility index (Phi) is 3.37. The van der Waals surface area contributed by atoms with Crippen molar-refractivity contribution < 1.29 is 4.42 Å². The van der Waals surface area contributed by atoms with Crippen LogP contribution in [0.3, 0.4) is 0 Å². The zero-order valence-electron chi connectivity index (χ0n) is 10.1. The van der Waals surface area contributed by atoms with E-state index < -0.39 is 0 Å². The van der Waals surface area contributed by atoms with Gasteiger partial charge in [-0.1, -0.05) is 0 Å². The standard InChI is InChI=1S/C13H11ClN4O/c14-5-1-2-12-17-18-13(19-12)9-3-4-10-11(8-9)16-7-6-15-10/h3-4,6-8H,1-2,5H2. The lowest BCUT2D eigenvalue weighted by molar-refractivity contribution is 0.502. The Morgan fingerprint density at radius 3 is 2.74 bits per heavy atom. The fourth-order valence-corrected chi connectivity index (χ4v) is 1.92. The average Bonchev–Trinajstić information content (AvgIpc) is 2.93. The van der Waals surface area contributed by atoms with E-state index in [0.29, 0.717) is 24.1 Å². The van der Waals surface area contributed by atoms with Crippen LogP contribution in [0, 0.1) is 0 Å². The van der Waals surface area contributed by atoms with Crippen LogP contribution in [-0.4, -0.2) is 26.0 Å². The predicted octanol–water partition coefficient (Wildman–Crippen LogP) is 2.85. The first-order valence-corrected chi connectivity index (χ1v) is 6.50. The number of halogens is 1. The molecule has 5 nitrogen and oxygen atoms in total. The predicted molar refractivity (Wildman–Crippen MR) is 71.9 cm³/mol. The maximum Gasteiger partial charge on any atom is 0.247 e. The number of alkyl halides is 1. The molecule has 2 heterocycles. The maximum atomic E-state index is 5.64. The summed E-state index contributed by atoms with van der Waals surface area (Å²) < 4.78 is 5.59. The van der Waals surface area contributed by atoms with Crippen LogP contribution < -0.4 is 0 Å². The molecule has 0 amide bonds. The Bertz CT molecular complexity index is 698. The molecule has 3 aromatic rings. The van der Waals surface area contributed by atoms with Crippen LogP contribution in [0.25, 0.3) is 22.5 Å². The van der Waals surface area contributed by atoms with Crippen LogP contribution in [0.4, 0.5) is 0 Å². The van der Waals surface area contributed by atoms with Gasteiger partial charge in [0.05, 0.1) is 11.0 Å². The first-order chi connectivity index (χ1) is 9.36. The topological polar surface area (TPSA) is 64.7 Å². The van der Waals surface area contributed by atoms with Gasteiger partial charge in [-0.3, -0.25) is 9.97 Å². The lowest BCUT2D eigenvalue weighted by atomic mass is 10.2. The van der Waals surface area contributed by atoms with E-state index in [1.54, 1.807) is 12.4 Å². The van der Waals surface area contributed by atoms with Crippen molar-refractivity contribution in [2.24, 2.45) is 0 Å². The molecule has 1 aromatic carbocycles. The van der Waals surface area contributed by atoms with Crippen LogP contribution in [0.1, 0.15) is 12.3 Å². The van der Waals surface area contributed by atoms with Crippen molar-refractivity contribution in [2.75, 3.05) is 5.88 Å². The Morgan fingerprint density at radius 1 is 1.05 bits per heavy atom. The van der Waals surface area contributed by atoms with Crippen LogP contribution in [0.15, 0.2) is 35.0 Å². The highest BCUT2D eigenvalue weighted by atomic mass is 35.5. The molecule has 0 spiro atoms. The highest BCUT2D eigenvalue weighted by Gasteiger charge is 2.09. The molecule has 19 heavy (non-hydrogen) atoms. The SMILES string of the molecule is ClCCCc1nnc(-c2ccc3nccnc3c2)o1. The van der Waals surface area contributed by atoms with E-state index in [2.05, 4.69) is 20.2 Å². The largest absolute Gasteiger partial charge is 0.421 e. The average molecular weight is 275 g/mol. The first kappa shape index (κ1) is 12.0. The van der Waals surface area contributed by atoms with Crippen molar-refractivity contribution in [1.29, 1.82) is 0 Å². The van der Waals surface area contributed by atoms with Gasteiger partial charge in [-0.2, -0.15) is 0 Å². The van der Waals surface area contributed by atoms with E-state index in [1.807, 2.05) is 18.2 Å². The number of rotatable bonds is 4. The molecule has 0 bridgehead atoms. The van der Waals surface area contributed by atoms with Crippen molar-refractivity contribution in [3.63, 3.8) is 0 Å². The fourth-order valence-electron chi connectivity index (χ4n) is 1.79. The van der Waals surface area contributed by atoms with Crippen LogP contribution in [-0.2, 0) is 6.42 Å². The van der Waals surface area contributed by atoms with E-state index in [0.717, 1.165) is 23.0 Å². The summed E-state index contributed by atoms with van der Waals surface area (Å²) in [6.07, 6.45) is 4.85. The number of benzene rings is 1. The van der Waals surface area contributed by atoms with Gasteiger partial charge in [-0.05, 0) is 24.6 Å². The summed E-state index contributed by atoms with van der Waals surface area (Å²) >= 11 is 5.64. The second-order valence-electron chi connectivity index (χ2n) is 4.05. The number of aryl methyl sites for hydroxylation is 1. The highest BCUT2D eigenvalue weighted by Crippen LogP contribution is 2.21. The minimum absolute atomic E-state index is 0.497. The zero-order chi connectivity index (χ0) is 13.1. The number of nitrogens with zero attached hydrogens (tertiary/aromatic N) is 4. The molecule has 0 N–H and O–H groups in total. The minimum Gasteiger partial charge on any atom is -0.421 e. The van der Waals surface area contributed by atoms with Gasteiger partial charge in [-0.15, -0.1) is 21.8 Å². The second kappa shape index (κ2) is 5.32. The molecule has 0 atom stereocenters. The van der Waals surface area contributed by atoms with Crippen molar-refractivity contribution >= 4 is 22.6 Å². The fraction of sp³-hybridized carbons (Fsp3) is 0.231. The number of hydrogen-bond donors (Lipinski definition) is 0. The van der Waals surface area contributed by atoms with Gasteiger partial charge in [0.2, 0.25) is 11.8 Å². The third-order valence-electron chi connectivity index (χ3n) is 2.71. The summed E-state index contributed by atoms with van der Waals surface area (Å²) in [4.78, 5) is 8.47. The van der Waals surface area contributed by atoms with Crippen molar-refractivity contribution in [1.82, 2.24) is 20.2 Å². The van der Waals surface area contributed by atoms with E-state index >= 15 is 0 Å². The molecule has 3 rings (SSSR count). The molecule has 0 radical (unpaired) electrons. The molecule has 0 fully saturated rings. The molecule has 0 saturated carbocycles. The Hall–Kier alpha value is -2.01. The Balaban J connectivity index is 1.92. The van der Waals surface area contributed by atoms with Crippen molar-refractivity contribution in [3.8, 4) is 11.5 Å². The lowest BCUT2D eigenvalue weighted by Gasteiger charge is -1.97. The quantitative estimate of drug-likeness (QED) is 0.685. The van der Waals surface area contributed by atoms with Crippen molar-refractivity contribution in [2.45, 2.75) is 12.8 Å². The molecule has 6 heteroatoms. The molecular weight excluding hydrogens is 264 g/mol. The van der Waals surface area contributed by atoms with Gasteiger partial charge >= 0.3 is 0 Å². The summed E-state index contributed by atoms with van der Waals surface area (Å²) in [5.74, 6) is 1.69. The van der Waals surface area contributed by atoms with Crippen LogP contribution in [0.2, 0.25) is 0 Å². The van der Waals surface area contributed by atoms with Gasteiger partial charge in [0.25, 0.3) is 0 Å². The number of aromatic nitrogens is 4. The summed E-state index contributed by atoms with van der Waals surface area (Å²) in [5, 5.41) is 8.04.